The molecule has 0 radical (unpaired) electrons. The smallest absolute Gasteiger partial charge is 0.288 e. The van der Waals surface area contributed by atoms with E-state index >= 15 is 0 Å². The summed E-state index contributed by atoms with van der Waals surface area (Å²) in [6.45, 7) is 2.05. The summed E-state index contributed by atoms with van der Waals surface area (Å²) in [7, 11) is 0. The minimum atomic E-state index is -0.567. The number of nitrogens with one attached hydrogen (secondary N) is 1. The molecule has 9 nitrogen and oxygen atoms in total. The Morgan fingerprint density at radius 3 is 2.69 bits per heavy atom. The fourth-order valence-electron chi connectivity index (χ4n) is 4.03. The van der Waals surface area contributed by atoms with E-state index in [4.69, 9.17) is 11.6 Å². The van der Waals surface area contributed by atoms with Crippen molar-refractivity contribution in [3.05, 3.63) is 68.7 Å². The van der Waals surface area contributed by atoms with Crippen molar-refractivity contribution in [2.75, 3.05) is 5.75 Å². The summed E-state index contributed by atoms with van der Waals surface area (Å²) < 4.78 is 2.18. The number of hydrogen-bond acceptors (Lipinski definition) is 7. The first-order valence-corrected chi connectivity index (χ1v) is 12.7. The number of amides is 1. The standard InChI is InChI=1S/C24H25ClN6O3S/c1-16-7-10-18(11-8-16)23-28-29-24(30(23)19-5-3-2-4-6-19)35-15-22(32)27-26-14-17-9-12-20(25)21(13-17)31(33)34/h7-14,19H,2-6,15H2,1H3,(H,27,32)/b26-14-. The first kappa shape index (κ1) is 24.9. The third-order valence-corrected chi connectivity index (χ3v) is 7.08. The molecule has 4 rings (SSSR count). The second kappa shape index (κ2) is 11.5. The van der Waals surface area contributed by atoms with Gasteiger partial charge in [-0.05, 0) is 25.8 Å². The van der Waals surface area contributed by atoms with Crippen LogP contribution in [0.4, 0.5) is 5.69 Å². The molecule has 0 unspecified atom stereocenters. The van der Waals surface area contributed by atoms with Gasteiger partial charge in [0.2, 0.25) is 0 Å². The lowest BCUT2D eigenvalue weighted by molar-refractivity contribution is -0.384. The van der Waals surface area contributed by atoms with Gasteiger partial charge in [0, 0.05) is 23.2 Å². The van der Waals surface area contributed by atoms with Crippen LogP contribution in [0.25, 0.3) is 11.4 Å². The third kappa shape index (κ3) is 6.26. The van der Waals surface area contributed by atoms with E-state index in [-0.39, 0.29) is 22.4 Å². The molecule has 182 valence electrons. The highest BCUT2D eigenvalue weighted by molar-refractivity contribution is 7.99. The quantitative estimate of drug-likeness (QED) is 0.183. The Hall–Kier alpha value is -3.24. The van der Waals surface area contributed by atoms with Gasteiger partial charge in [-0.15, -0.1) is 10.2 Å². The SMILES string of the molecule is Cc1ccc(-c2nnc(SCC(=O)N/N=C\c3ccc(Cl)c([N+](=O)[O-])c3)n2C2CCCCC2)cc1. The van der Waals surface area contributed by atoms with E-state index in [1.807, 2.05) is 6.92 Å². The molecular weight excluding hydrogens is 488 g/mol. The number of halogens is 1. The van der Waals surface area contributed by atoms with Crippen molar-refractivity contribution < 1.29 is 9.72 Å². The molecule has 1 N–H and O–H groups in total. The van der Waals surface area contributed by atoms with Crippen LogP contribution in [-0.2, 0) is 4.79 Å². The summed E-state index contributed by atoms with van der Waals surface area (Å²) in [5.74, 6) is 0.614. The maximum Gasteiger partial charge on any atom is 0.288 e. The first-order chi connectivity index (χ1) is 16.9. The molecule has 11 heteroatoms. The van der Waals surface area contributed by atoms with Crippen LogP contribution in [0.5, 0.6) is 0 Å². The second-order valence-corrected chi connectivity index (χ2v) is 9.73. The number of rotatable bonds is 8. The van der Waals surface area contributed by atoms with Gasteiger partial charge in [0.25, 0.3) is 11.6 Å². The Bertz CT molecular complexity index is 1240. The molecule has 1 saturated carbocycles. The highest BCUT2D eigenvalue weighted by atomic mass is 35.5. The van der Waals surface area contributed by atoms with Crippen LogP contribution < -0.4 is 5.43 Å². The van der Waals surface area contributed by atoms with Gasteiger partial charge < -0.3 is 0 Å². The van der Waals surface area contributed by atoms with Crippen LogP contribution >= 0.6 is 23.4 Å². The molecule has 3 aromatic rings. The summed E-state index contributed by atoms with van der Waals surface area (Å²) in [5, 5.41) is 24.5. The van der Waals surface area contributed by atoms with E-state index in [2.05, 4.69) is 49.6 Å². The van der Waals surface area contributed by atoms with Crippen molar-refractivity contribution in [1.82, 2.24) is 20.2 Å². The Labute approximate surface area is 212 Å². The van der Waals surface area contributed by atoms with Crippen molar-refractivity contribution in [3.63, 3.8) is 0 Å². The van der Waals surface area contributed by atoms with Gasteiger partial charge in [-0.2, -0.15) is 5.10 Å². The molecule has 1 amide bonds. The fraction of sp³-hybridized carbons (Fsp3) is 0.333. The minimum Gasteiger partial charge on any atom is -0.299 e. The van der Waals surface area contributed by atoms with Crippen LogP contribution in [0.3, 0.4) is 0 Å². The van der Waals surface area contributed by atoms with Gasteiger partial charge in [0.05, 0.1) is 16.9 Å². The zero-order chi connectivity index (χ0) is 24.8. The maximum absolute atomic E-state index is 12.4. The summed E-state index contributed by atoms with van der Waals surface area (Å²) in [4.78, 5) is 22.9. The molecule has 1 fully saturated rings. The van der Waals surface area contributed by atoms with Crippen LogP contribution in [0.2, 0.25) is 5.02 Å². The number of benzene rings is 2. The van der Waals surface area contributed by atoms with E-state index in [0.29, 0.717) is 16.8 Å². The molecule has 0 spiro atoms. The number of carbonyl (C=O) groups is 1. The zero-order valence-corrected chi connectivity index (χ0v) is 20.8. The van der Waals surface area contributed by atoms with Gasteiger partial charge in [0.15, 0.2) is 11.0 Å². The number of nitrogens with zero attached hydrogens (tertiary/aromatic N) is 5. The number of hydrogen-bond donors (Lipinski definition) is 1. The van der Waals surface area contributed by atoms with Crippen molar-refractivity contribution in [3.8, 4) is 11.4 Å². The van der Waals surface area contributed by atoms with Gasteiger partial charge in [-0.3, -0.25) is 19.5 Å². The number of nitro groups is 1. The number of aromatic nitrogens is 3. The van der Waals surface area contributed by atoms with Crippen LogP contribution in [0, 0.1) is 17.0 Å². The van der Waals surface area contributed by atoms with E-state index in [1.54, 1.807) is 6.07 Å². The highest BCUT2D eigenvalue weighted by Crippen LogP contribution is 2.35. The number of nitro benzene ring substituents is 1. The molecule has 2 aromatic carbocycles. The van der Waals surface area contributed by atoms with Crippen LogP contribution in [-0.4, -0.2) is 37.6 Å². The lowest BCUT2D eigenvalue weighted by atomic mass is 9.95. The highest BCUT2D eigenvalue weighted by Gasteiger charge is 2.24. The van der Waals surface area contributed by atoms with Crippen LogP contribution in [0.15, 0.2) is 52.7 Å². The van der Waals surface area contributed by atoms with E-state index in [0.717, 1.165) is 24.2 Å². The van der Waals surface area contributed by atoms with E-state index in [1.165, 1.54) is 54.9 Å². The molecule has 0 bridgehead atoms. The molecule has 0 atom stereocenters. The van der Waals surface area contributed by atoms with Crippen molar-refractivity contribution in [2.24, 2.45) is 5.10 Å². The third-order valence-electron chi connectivity index (χ3n) is 5.82. The monoisotopic (exact) mass is 512 g/mol. The number of thioether (sulfide) groups is 1. The average molecular weight is 513 g/mol. The van der Waals surface area contributed by atoms with Crippen LogP contribution in [0.1, 0.15) is 49.3 Å². The number of aryl methyl sites for hydroxylation is 1. The van der Waals surface area contributed by atoms with E-state index in [9.17, 15) is 14.9 Å². The van der Waals surface area contributed by atoms with Gasteiger partial charge in [-0.1, -0.05) is 78.5 Å². The lowest BCUT2D eigenvalue weighted by Crippen LogP contribution is -2.20. The summed E-state index contributed by atoms with van der Waals surface area (Å²) >= 11 is 7.14. The van der Waals surface area contributed by atoms with Gasteiger partial charge in [0.1, 0.15) is 5.02 Å². The molecule has 1 aliphatic rings. The molecule has 35 heavy (non-hydrogen) atoms. The molecule has 1 aliphatic carbocycles. The summed E-state index contributed by atoms with van der Waals surface area (Å²) in [6, 6.07) is 12.8. The van der Waals surface area contributed by atoms with Crippen molar-refractivity contribution in [1.29, 1.82) is 0 Å². The van der Waals surface area contributed by atoms with Crippen molar-refractivity contribution >= 4 is 41.2 Å². The summed E-state index contributed by atoms with van der Waals surface area (Å²) in [6.07, 6.45) is 7.03. The van der Waals surface area contributed by atoms with Gasteiger partial charge in [-0.25, -0.2) is 5.43 Å². The topological polar surface area (TPSA) is 115 Å². The average Bonchev–Trinajstić information content (AvgIpc) is 3.28. The minimum absolute atomic E-state index is 0.0414. The largest absolute Gasteiger partial charge is 0.299 e. The first-order valence-electron chi connectivity index (χ1n) is 11.3. The predicted octanol–water partition coefficient (Wildman–Crippen LogP) is 5.56. The Morgan fingerprint density at radius 2 is 1.97 bits per heavy atom. The molecule has 1 heterocycles. The fourth-order valence-corrected chi connectivity index (χ4v) is 5.02. The lowest BCUT2D eigenvalue weighted by Gasteiger charge is -2.25. The zero-order valence-electron chi connectivity index (χ0n) is 19.2. The maximum atomic E-state index is 12.4. The normalized spacial score (nSPS) is 14.3. The van der Waals surface area contributed by atoms with Crippen molar-refractivity contribution in [2.45, 2.75) is 50.2 Å². The molecule has 0 saturated heterocycles. The molecule has 0 aliphatic heterocycles. The Balaban J connectivity index is 1.44. The predicted molar refractivity (Wildman–Crippen MR) is 137 cm³/mol. The molecule has 1 aromatic heterocycles. The Kier molecular flexibility index (Phi) is 8.14. The Morgan fingerprint density at radius 1 is 1.23 bits per heavy atom. The van der Waals surface area contributed by atoms with Gasteiger partial charge >= 0.3 is 0 Å². The number of carbonyl (C=O) groups excluding carboxylic acids is 1. The van der Waals surface area contributed by atoms with E-state index < -0.39 is 4.92 Å². The number of hydrazone groups is 1. The molecular formula is C24H25ClN6O3S. The summed E-state index contributed by atoms with van der Waals surface area (Å²) in [5.41, 5.74) is 4.88. The second-order valence-electron chi connectivity index (χ2n) is 8.38.